The van der Waals surface area contributed by atoms with Gasteiger partial charge < -0.3 is 15.1 Å². The first kappa shape index (κ1) is 19.6. The van der Waals surface area contributed by atoms with Crippen molar-refractivity contribution in [2.75, 3.05) is 18.0 Å². The normalized spacial score (nSPS) is 11.1. The molecule has 2 aromatic rings. The van der Waals surface area contributed by atoms with Gasteiger partial charge in [-0.3, -0.25) is 10.1 Å². The maximum absolute atomic E-state index is 10.8. The van der Waals surface area contributed by atoms with Crippen LogP contribution in [0.3, 0.4) is 0 Å². The second kappa shape index (κ2) is 9.14. The summed E-state index contributed by atoms with van der Waals surface area (Å²) in [6.45, 7) is 6.92. The number of aromatic hydroxyl groups is 2. The molecule has 140 valence electrons. The number of allylic oxidation sites excluding steroid dienone is 1. The van der Waals surface area contributed by atoms with E-state index in [2.05, 4.69) is 16.8 Å². The number of phenolic OH excluding ortho intramolecular Hbond substituents is 2. The van der Waals surface area contributed by atoms with Crippen molar-refractivity contribution < 1.29 is 15.1 Å². The number of phenols is 2. The topological polar surface area (TPSA) is 112 Å². The van der Waals surface area contributed by atoms with E-state index in [0.717, 1.165) is 11.8 Å². The van der Waals surface area contributed by atoms with Gasteiger partial charge in [0.25, 0.3) is 5.69 Å². The van der Waals surface area contributed by atoms with Gasteiger partial charge in [-0.15, -0.1) is 16.8 Å². The van der Waals surface area contributed by atoms with Crippen molar-refractivity contribution in [1.29, 1.82) is 0 Å². The van der Waals surface area contributed by atoms with E-state index < -0.39 is 4.92 Å². The molecule has 0 aliphatic rings. The van der Waals surface area contributed by atoms with E-state index in [0.29, 0.717) is 13.1 Å². The first-order chi connectivity index (χ1) is 13.0. The number of azo groups is 1. The van der Waals surface area contributed by atoms with Crippen molar-refractivity contribution in [2.45, 2.75) is 6.92 Å². The molecular formula is C19H20N4O4. The van der Waals surface area contributed by atoms with Gasteiger partial charge >= 0.3 is 0 Å². The zero-order valence-corrected chi connectivity index (χ0v) is 14.8. The number of nitrogens with zero attached hydrogens (tertiary/aromatic N) is 4. The average Bonchev–Trinajstić information content (AvgIpc) is 2.65. The number of anilines is 1. The predicted molar refractivity (Wildman–Crippen MR) is 104 cm³/mol. The molecular weight excluding hydrogens is 348 g/mol. The Hall–Kier alpha value is -3.68. The van der Waals surface area contributed by atoms with Gasteiger partial charge in [-0.1, -0.05) is 18.2 Å². The molecule has 0 fully saturated rings. The van der Waals surface area contributed by atoms with Crippen molar-refractivity contribution in [1.82, 2.24) is 0 Å². The van der Waals surface area contributed by atoms with Crippen LogP contribution < -0.4 is 4.90 Å². The Balaban J connectivity index is 2.28. The summed E-state index contributed by atoms with van der Waals surface area (Å²) in [6, 6.07) is 8.34. The summed E-state index contributed by atoms with van der Waals surface area (Å²) in [7, 11) is 0. The number of hydrogen-bond acceptors (Lipinski definition) is 7. The van der Waals surface area contributed by atoms with Crippen LogP contribution in [0.1, 0.15) is 6.92 Å². The molecule has 0 amide bonds. The van der Waals surface area contributed by atoms with Crippen molar-refractivity contribution in [3.63, 3.8) is 0 Å². The Morgan fingerprint density at radius 3 is 2.48 bits per heavy atom. The van der Waals surface area contributed by atoms with E-state index in [1.807, 2.05) is 24.0 Å². The van der Waals surface area contributed by atoms with Gasteiger partial charge in [0.2, 0.25) is 0 Å². The molecule has 0 aromatic heterocycles. The number of nitro benzene ring substituents is 1. The minimum atomic E-state index is -0.594. The second-order valence-corrected chi connectivity index (χ2v) is 5.57. The van der Waals surface area contributed by atoms with E-state index in [4.69, 9.17) is 0 Å². The molecule has 8 heteroatoms. The molecule has 0 radical (unpaired) electrons. The lowest BCUT2D eigenvalue weighted by Crippen LogP contribution is -2.22. The van der Waals surface area contributed by atoms with Gasteiger partial charge in [0.05, 0.1) is 4.92 Å². The summed E-state index contributed by atoms with van der Waals surface area (Å²) in [4.78, 5) is 12.2. The van der Waals surface area contributed by atoms with E-state index in [-0.39, 0.29) is 28.6 Å². The number of hydrogen-bond donors (Lipinski definition) is 2. The van der Waals surface area contributed by atoms with Crippen molar-refractivity contribution in [3.8, 4) is 11.5 Å². The van der Waals surface area contributed by atoms with Crippen LogP contribution in [0.25, 0.3) is 0 Å². The number of rotatable bonds is 8. The lowest BCUT2D eigenvalue weighted by molar-refractivity contribution is -0.384. The molecule has 2 N–H and O–H groups in total. The smallest absolute Gasteiger partial charge is 0.271 e. The zero-order valence-electron chi connectivity index (χ0n) is 14.8. The Bertz CT molecular complexity index is 893. The molecule has 0 aliphatic heterocycles. The molecule has 2 aromatic carbocycles. The second-order valence-electron chi connectivity index (χ2n) is 5.57. The molecule has 0 saturated carbocycles. The van der Waals surface area contributed by atoms with Gasteiger partial charge in [0.15, 0.2) is 0 Å². The average molecular weight is 368 g/mol. The Kier molecular flexibility index (Phi) is 6.65. The van der Waals surface area contributed by atoms with Crippen LogP contribution in [0.4, 0.5) is 22.7 Å². The van der Waals surface area contributed by atoms with Crippen LogP contribution in [-0.4, -0.2) is 28.2 Å². The third-order valence-corrected chi connectivity index (χ3v) is 3.67. The molecule has 0 spiro atoms. The highest BCUT2D eigenvalue weighted by molar-refractivity contribution is 5.62. The minimum Gasteiger partial charge on any atom is -0.506 e. The first-order valence-electron chi connectivity index (χ1n) is 8.15. The van der Waals surface area contributed by atoms with Crippen molar-refractivity contribution >= 4 is 22.7 Å². The number of nitro groups is 1. The Morgan fingerprint density at radius 1 is 1.11 bits per heavy atom. The monoisotopic (exact) mass is 368 g/mol. The van der Waals surface area contributed by atoms with Gasteiger partial charge in [-0.25, -0.2) is 0 Å². The molecule has 0 heterocycles. The molecule has 8 nitrogen and oxygen atoms in total. The van der Waals surface area contributed by atoms with Crippen LogP contribution >= 0.6 is 0 Å². The van der Waals surface area contributed by atoms with Gasteiger partial charge in [0.1, 0.15) is 22.9 Å². The minimum absolute atomic E-state index is 0.0611. The predicted octanol–water partition coefficient (Wildman–Crippen LogP) is 4.99. The molecule has 0 saturated heterocycles. The Labute approximate surface area is 156 Å². The number of non-ortho nitro benzene ring substituents is 1. The fourth-order valence-electron chi connectivity index (χ4n) is 2.28. The lowest BCUT2D eigenvalue weighted by atomic mass is 10.2. The Morgan fingerprint density at radius 2 is 1.85 bits per heavy atom. The molecule has 27 heavy (non-hydrogen) atoms. The quantitative estimate of drug-likeness (QED) is 0.295. The lowest BCUT2D eigenvalue weighted by Gasteiger charge is -2.22. The zero-order chi connectivity index (χ0) is 19.8. The van der Waals surface area contributed by atoms with E-state index in [1.54, 1.807) is 24.3 Å². The van der Waals surface area contributed by atoms with Crippen molar-refractivity contribution in [2.24, 2.45) is 10.2 Å². The van der Waals surface area contributed by atoms with E-state index in [1.165, 1.54) is 12.1 Å². The first-order valence-corrected chi connectivity index (χ1v) is 8.15. The standard InChI is InChI=1S/C19H20N4O4/c1-3-5-11-22(10-4-2)14-6-8-16(19(25)13-14)20-21-17-12-15(23(26)27)7-9-18(17)24/h3-9,12-13,24-25H,2,10-11H2,1H3/b5-3-,21-20?. The fourth-order valence-corrected chi connectivity index (χ4v) is 2.28. The molecule has 0 aliphatic carbocycles. The summed E-state index contributed by atoms with van der Waals surface area (Å²) in [5.41, 5.74) is 0.677. The summed E-state index contributed by atoms with van der Waals surface area (Å²) >= 11 is 0. The summed E-state index contributed by atoms with van der Waals surface area (Å²) < 4.78 is 0. The van der Waals surface area contributed by atoms with E-state index in [9.17, 15) is 20.3 Å². The third-order valence-electron chi connectivity index (χ3n) is 3.67. The van der Waals surface area contributed by atoms with Crippen LogP contribution in [0, 0.1) is 10.1 Å². The number of benzene rings is 2. The van der Waals surface area contributed by atoms with Crippen molar-refractivity contribution in [3.05, 3.63) is 71.3 Å². The fraction of sp³-hybridized carbons (Fsp3) is 0.158. The van der Waals surface area contributed by atoms with Gasteiger partial charge in [-0.05, 0) is 25.1 Å². The highest BCUT2D eigenvalue weighted by atomic mass is 16.6. The molecule has 0 bridgehead atoms. The highest BCUT2D eigenvalue weighted by Gasteiger charge is 2.11. The molecule has 0 unspecified atom stereocenters. The maximum Gasteiger partial charge on any atom is 0.271 e. The highest BCUT2D eigenvalue weighted by Crippen LogP contribution is 2.35. The maximum atomic E-state index is 10.8. The van der Waals surface area contributed by atoms with Crippen LogP contribution in [0.15, 0.2) is 71.4 Å². The molecule has 2 rings (SSSR count). The largest absolute Gasteiger partial charge is 0.506 e. The summed E-state index contributed by atoms with van der Waals surface area (Å²) in [5, 5.41) is 38.5. The third kappa shape index (κ3) is 5.15. The van der Waals surface area contributed by atoms with Crippen LogP contribution in [0.2, 0.25) is 0 Å². The van der Waals surface area contributed by atoms with Crippen LogP contribution in [-0.2, 0) is 0 Å². The molecule has 0 atom stereocenters. The van der Waals surface area contributed by atoms with Gasteiger partial charge in [-0.2, -0.15) is 0 Å². The SMILES string of the molecule is C=CCN(C/C=C\C)c1ccc(N=Nc2cc([N+](=O)[O-])ccc2O)c(O)c1. The van der Waals surface area contributed by atoms with E-state index >= 15 is 0 Å². The summed E-state index contributed by atoms with van der Waals surface area (Å²) in [6.07, 6.45) is 5.68. The summed E-state index contributed by atoms with van der Waals surface area (Å²) in [5.74, 6) is -0.348. The van der Waals surface area contributed by atoms with Crippen LogP contribution in [0.5, 0.6) is 11.5 Å². The van der Waals surface area contributed by atoms with Gasteiger partial charge in [0, 0.05) is 37.0 Å².